The van der Waals surface area contributed by atoms with Gasteiger partial charge in [0, 0.05) is 24.6 Å². The summed E-state index contributed by atoms with van der Waals surface area (Å²) >= 11 is 0. The zero-order chi connectivity index (χ0) is 20.3. The van der Waals surface area contributed by atoms with Crippen molar-refractivity contribution >= 4 is 15.9 Å². The van der Waals surface area contributed by atoms with E-state index in [9.17, 15) is 13.2 Å². The summed E-state index contributed by atoms with van der Waals surface area (Å²) in [7, 11) is -1.65. The highest BCUT2D eigenvalue weighted by Gasteiger charge is 2.32. The van der Waals surface area contributed by atoms with Crippen molar-refractivity contribution in [2.45, 2.75) is 50.3 Å². The molecule has 0 aliphatic heterocycles. The van der Waals surface area contributed by atoms with Crippen LogP contribution in [0.3, 0.4) is 0 Å². The van der Waals surface area contributed by atoms with Gasteiger partial charge in [0.15, 0.2) is 0 Å². The first-order chi connectivity index (χ1) is 13.3. The molecule has 0 saturated heterocycles. The summed E-state index contributed by atoms with van der Waals surface area (Å²) in [5.41, 5.74) is 3.92. The molecule has 2 aromatic carbocycles. The summed E-state index contributed by atoms with van der Waals surface area (Å²) in [5.74, 6) is 0.108. The molecule has 0 spiro atoms. The van der Waals surface area contributed by atoms with Gasteiger partial charge in [-0.3, -0.25) is 4.79 Å². The topological polar surface area (TPSA) is 75.3 Å². The van der Waals surface area contributed by atoms with Crippen molar-refractivity contribution in [2.75, 3.05) is 7.05 Å². The summed E-state index contributed by atoms with van der Waals surface area (Å²) in [6.07, 6.45) is 2.89. The Hall–Kier alpha value is -2.18. The van der Waals surface area contributed by atoms with Gasteiger partial charge in [-0.2, -0.15) is 0 Å². The number of rotatable bonds is 6. The molecule has 2 atom stereocenters. The van der Waals surface area contributed by atoms with Crippen LogP contribution in [-0.2, 0) is 10.0 Å². The third-order valence-electron chi connectivity index (χ3n) is 5.50. The maximum absolute atomic E-state index is 12.3. The number of carbonyl (C=O) groups excluding carboxylic acids is 1. The van der Waals surface area contributed by atoms with E-state index < -0.39 is 15.3 Å². The summed E-state index contributed by atoms with van der Waals surface area (Å²) in [5, 5.41) is 2.20. The second kappa shape index (κ2) is 8.45. The Morgan fingerprint density at radius 2 is 1.54 bits per heavy atom. The number of nitrogens with one attached hydrogen (secondary N) is 2. The first-order valence-electron chi connectivity index (χ1n) is 9.75. The lowest BCUT2D eigenvalue weighted by Gasteiger charge is -2.23. The van der Waals surface area contributed by atoms with Gasteiger partial charge < -0.3 is 5.32 Å². The average molecular weight is 401 g/mol. The quantitative estimate of drug-likeness (QED) is 0.777. The summed E-state index contributed by atoms with van der Waals surface area (Å²) < 4.78 is 27.4. The Morgan fingerprint density at radius 3 is 2.07 bits per heavy atom. The molecule has 2 N–H and O–H groups in total. The van der Waals surface area contributed by atoms with E-state index in [1.165, 1.54) is 5.56 Å². The number of sulfonamides is 1. The van der Waals surface area contributed by atoms with Gasteiger partial charge in [-0.25, -0.2) is 13.1 Å². The van der Waals surface area contributed by atoms with Crippen LogP contribution in [-0.4, -0.2) is 32.7 Å². The second-order valence-corrected chi connectivity index (χ2v) is 9.90. The van der Waals surface area contributed by atoms with Crippen molar-refractivity contribution in [1.29, 1.82) is 0 Å². The van der Waals surface area contributed by atoms with E-state index >= 15 is 0 Å². The van der Waals surface area contributed by atoms with Crippen molar-refractivity contribution in [3.63, 3.8) is 0 Å². The lowest BCUT2D eigenvalue weighted by Crippen LogP contribution is -2.40. The van der Waals surface area contributed by atoms with Crippen LogP contribution in [0.4, 0.5) is 0 Å². The van der Waals surface area contributed by atoms with E-state index in [1.54, 1.807) is 20.9 Å². The normalized spacial score (nSPS) is 19.7. The smallest absolute Gasteiger partial charge is 0.251 e. The van der Waals surface area contributed by atoms with Gasteiger partial charge in [0.25, 0.3) is 5.91 Å². The molecule has 28 heavy (non-hydrogen) atoms. The molecule has 0 bridgehead atoms. The molecule has 0 heterocycles. The van der Waals surface area contributed by atoms with E-state index in [-0.39, 0.29) is 17.9 Å². The van der Waals surface area contributed by atoms with Crippen molar-refractivity contribution in [2.24, 2.45) is 0 Å². The fourth-order valence-electron chi connectivity index (χ4n) is 3.73. The maximum atomic E-state index is 12.3. The number of hydrogen-bond acceptors (Lipinski definition) is 3. The van der Waals surface area contributed by atoms with Gasteiger partial charge in [-0.05, 0) is 55.5 Å². The molecule has 3 rings (SSSR count). The summed E-state index contributed by atoms with van der Waals surface area (Å²) in [6, 6.07) is 15.8. The van der Waals surface area contributed by atoms with Crippen LogP contribution in [0.2, 0.25) is 0 Å². The van der Waals surface area contributed by atoms with Crippen LogP contribution >= 0.6 is 0 Å². The molecule has 1 aliphatic carbocycles. The van der Waals surface area contributed by atoms with Gasteiger partial charge in [-0.15, -0.1) is 0 Å². The predicted octanol–water partition coefficient (Wildman–Crippen LogP) is 3.68. The van der Waals surface area contributed by atoms with Gasteiger partial charge >= 0.3 is 0 Å². The highest BCUT2D eigenvalue weighted by Crippen LogP contribution is 2.36. The van der Waals surface area contributed by atoms with Crippen molar-refractivity contribution < 1.29 is 13.2 Å². The molecule has 1 amide bonds. The van der Waals surface area contributed by atoms with E-state index in [1.807, 2.05) is 24.3 Å². The molecule has 2 aromatic rings. The van der Waals surface area contributed by atoms with E-state index in [0.29, 0.717) is 5.56 Å². The Kier molecular flexibility index (Phi) is 6.20. The minimum atomic E-state index is -3.27. The molecule has 1 saturated carbocycles. The Balaban J connectivity index is 1.75. The number of carbonyl (C=O) groups is 1. The van der Waals surface area contributed by atoms with Crippen LogP contribution in [0.1, 0.15) is 54.9 Å². The van der Waals surface area contributed by atoms with Crippen LogP contribution in [0.5, 0.6) is 0 Å². The lowest BCUT2D eigenvalue weighted by atomic mass is 9.92. The fraction of sp³-hybridized carbons (Fsp3) is 0.409. The van der Waals surface area contributed by atoms with Crippen molar-refractivity contribution in [3.05, 3.63) is 59.7 Å². The van der Waals surface area contributed by atoms with Crippen LogP contribution < -0.4 is 10.0 Å². The minimum absolute atomic E-state index is 0.0370. The largest absolute Gasteiger partial charge is 0.355 e. The molecule has 0 aromatic heterocycles. The third kappa shape index (κ3) is 4.45. The molecule has 2 unspecified atom stereocenters. The Bertz CT molecular complexity index is 919. The average Bonchev–Trinajstić information content (AvgIpc) is 3.15. The maximum Gasteiger partial charge on any atom is 0.251 e. The highest BCUT2D eigenvalue weighted by molar-refractivity contribution is 7.90. The van der Waals surface area contributed by atoms with Crippen molar-refractivity contribution in [1.82, 2.24) is 10.0 Å². The van der Waals surface area contributed by atoms with E-state index in [4.69, 9.17) is 0 Å². The zero-order valence-electron chi connectivity index (χ0n) is 16.6. The SMILES string of the molecule is CNC(=O)c1ccc(-c2ccc(C3CCCC3NS(=O)(=O)C(C)C)cc2)cc1. The van der Waals surface area contributed by atoms with Crippen LogP contribution in [0, 0.1) is 0 Å². The Morgan fingerprint density at radius 1 is 0.964 bits per heavy atom. The Labute approximate surface area is 167 Å². The van der Waals surface area contributed by atoms with Gasteiger partial charge in [0.05, 0.1) is 5.25 Å². The standard InChI is InChI=1S/C22H28N2O3S/c1-15(2)28(26,27)24-21-6-4-5-20(21)18-11-7-16(8-12-18)17-9-13-19(14-10-17)22(25)23-3/h7-15,20-21,24H,4-6H2,1-3H3,(H,23,25). The number of benzene rings is 2. The molecular formula is C22H28N2O3S. The zero-order valence-corrected chi connectivity index (χ0v) is 17.4. The van der Waals surface area contributed by atoms with Crippen molar-refractivity contribution in [3.8, 4) is 11.1 Å². The van der Waals surface area contributed by atoms with Crippen LogP contribution in [0.25, 0.3) is 11.1 Å². The highest BCUT2D eigenvalue weighted by atomic mass is 32.2. The fourth-order valence-corrected chi connectivity index (χ4v) is 4.70. The molecule has 6 heteroatoms. The van der Waals surface area contributed by atoms with Gasteiger partial charge in [0.1, 0.15) is 0 Å². The predicted molar refractivity (Wildman–Crippen MR) is 113 cm³/mol. The number of hydrogen-bond donors (Lipinski definition) is 2. The molecule has 1 fully saturated rings. The molecular weight excluding hydrogens is 372 g/mol. The van der Waals surface area contributed by atoms with Gasteiger partial charge in [0.2, 0.25) is 10.0 Å². The molecule has 150 valence electrons. The lowest BCUT2D eigenvalue weighted by molar-refractivity contribution is 0.0963. The number of amides is 1. The van der Waals surface area contributed by atoms with Gasteiger partial charge in [-0.1, -0.05) is 42.8 Å². The summed E-state index contributed by atoms with van der Waals surface area (Å²) in [6.45, 7) is 3.41. The molecule has 5 nitrogen and oxygen atoms in total. The van der Waals surface area contributed by atoms with E-state index in [0.717, 1.165) is 30.4 Å². The first kappa shape index (κ1) is 20.6. The second-order valence-electron chi connectivity index (χ2n) is 7.63. The third-order valence-corrected chi connectivity index (χ3v) is 7.37. The van der Waals surface area contributed by atoms with Crippen LogP contribution in [0.15, 0.2) is 48.5 Å². The van der Waals surface area contributed by atoms with E-state index in [2.05, 4.69) is 34.3 Å². The first-order valence-corrected chi connectivity index (χ1v) is 11.3. The molecule has 0 radical (unpaired) electrons. The monoisotopic (exact) mass is 400 g/mol. The minimum Gasteiger partial charge on any atom is -0.355 e. The molecule has 1 aliphatic rings. The summed E-state index contributed by atoms with van der Waals surface area (Å²) in [4.78, 5) is 11.7.